The summed E-state index contributed by atoms with van der Waals surface area (Å²) in [5, 5.41) is 12.5. The van der Waals surface area contributed by atoms with Crippen molar-refractivity contribution >= 4 is 17.6 Å². The lowest BCUT2D eigenvalue weighted by Crippen LogP contribution is -2.32. The first-order chi connectivity index (χ1) is 12.6. The Kier molecular flexibility index (Phi) is 7.60. The number of carboxylic acid groups (broad SMARTS) is 1. The van der Waals surface area contributed by atoms with Crippen LogP contribution < -0.4 is 10.2 Å². The number of hydrogen-bond acceptors (Lipinski definition) is 3. The lowest BCUT2D eigenvalue weighted by atomic mass is 9.99. The molecule has 0 atom stereocenters. The van der Waals surface area contributed by atoms with Crippen LogP contribution in [0.15, 0.2) is 42.0 Å². The summed E-state index contributed by atoms with van der Waals surface area (Å²) in [4.78, 5) is 25.8. The number of Topliss-reactive ketones (excluding diaryl/α,β-unsaturated/α-hetero) is 1. The van der Waals surface area contributed by atoms with Gasteiger partial charge in [0.15, 0.2) is 5.78 Å². The fraction of sp³-hybridized carbons (Fsp3) is 0.429. The maximum absolute atomic E-state index is 12.8. The summed E-state index contributed by atoms with van der Waals surface area (Å²) < 4.78 is 0. The van der Waals surface area contributed by atoms with Crippen molar-refractivity contribution in [3.05, 3.63) is 53.1 Å². The minimum atomic E-state index is -0.966. The number of benzene rings is 1. The van der Waals surface area contributed by atoms with E-state index in [1.165, 1.54) is 4.90 Å². The van der Waals surface area contributed by atoms with Crippen LogP contribution in [-0.2, 0) is 6.42 Å². The van der Waals surface area contributed by atoms with Gasteiger partial charge >= 0.3 is 6.09 Å². The number of carbonyl (C=O) groups excluding carboxylic acids is 1. The van der Waals surface area contributed by atoms with E-state index in [4.69, 9.17) is 0 Å². The van der Waals surface area contributed by atoms with E-state index in [0.717, 1.165) is 49.8 Å². The van der Waals surface area contributed by atoms with Crippen molar-refractivity contribution in [2.45, 2.75) is 39.0 Å². The average molecular weight is 356 g/mol. The fourth-order valence-electron chi connectivity index (χ4n) is 3.16. The molecule has 0 saturated heterocycles. The van der Waals surface area contributed by atoms with Crippen LogP contribution in [0.4, 0.5) is 10.5 Å². The van der Waals surface area contributed by atoms with Gasteiger partial charge in [-0.3, -0.25) is 9.69 Å². The zero-order valence-corrected chi connectivity index (χ0v) is 15.6. The largest absolute Gasteiger partial charge is 0.465 e. The smallest absolute Gasteiger partial charge is 0.411 e. The van der Waals surface area contributed by atoms with Crippen LogP contribution in [0, 0.1) is 0 Å². The molecule has 1 aromatic carbocycles. The fourth-order valence-corrected chi connectivity index (χ4v) is 3.16. The number of nitrogens with one attached hydrogen (secondary N) is 1. The van der Waals surface area contributed by atoms with E-state index in [2.05, 4.69) is 12.2 Å². The van der Waals surface area contributed by atoms with Gasteiger partial charge in [-0.25, -0.2) is 4.79 Å². The first-order valence-electron chi connectivity index (χ1n) is 9.26. The number of ketones is 1. The molecule has 2 rings (SSSR count). The Morgan fingerprint density at radius 3 is 2.85 bits per heavy atom. The van der Waals surface area contributed by atoms with Gasteiger partial charge in [0.25, 0.3) is 0 Å². The van der Waals surface area contributed by atoms with Crippen LogP contribution in [0.2, 0.25) is 0 Å². The standard InChI is InChI=1S/C21H28N2O3/c1-3-4-5-8-16-9-6-10-17-15-18(11-12-19(17)20(16)24)23(21(25)26)14-7-13-22-2/h4-5,8,11-12,15,22H,3,6-7,9-10,13-14H2,1-2H3,(H,25,26)/b5-4+,16-8+. The molecular formula is C21H28N2O3. The van der Waals surface area contributed by atoms with E-state index in [-0.39, 0.29) is 5.78 Å². The van der Waals surface area contributed by atoms with Crippen molar-refractivity contribution in [1.82, 2.24) is 5.32 Å². The quantitative estimate of drug-likeness (QED) is 0.437. The van der Waals surface area contributed by atoms with E-state index >= 15 is 0 Å². The Hall–Kier alpha value is -2.40. The predicted octanol–water partition coefficient (Wildman–Crippen LogP) is 4.19. The maximum atomic E-state index is 12.8. The third kappa shape index (κ3) is 5.05. The molecule has 0 radical (unpaired) electrons. The zero-order valence-electron chi connectivity index (χ0n) is 15.6. The molecule has 1 aromatic rings. The number of rotatable bonds is 7. The SMILES string of the molecule is CC/C=C/C=C1\CCCc2cc(N(CCCNC)C(=O)O)ccc2C1=O. The molecule has 26 heavy (non-hydrogen) atoms. The first-order valence-corrected chi connectivity index (χ1v) is 9.26. The maximum Gasteiger partial charge on any atom is 0.411 e. The number of aryl methyl sites for hydroxylation is 1. The molecule has 5 nitrogen and oxygen atoms in total. The average Bonchev–Trinajstić information content (AvgIpc) is 2.78. The number of anilines is 1. The molecule has 0 unspecified atom stereocenters. The number of carbonyl (C=O) groups is 2. The lowest BCUT2D eigenvalue weighted by molar-refractivity contribution is 0.103. The molecule has 5 heteroatoms. The Balaban J connectivity index is 2.28. The van der Waals surface area contributed by atoms with Crippen molar-refractivity contribution in [2.75, 3.05) is 25.0 Å². The van der Waals surface area contributed by atoms with Gasteiger partial charge in [-0.15, -0.1) is 0 Å². The molecule has 0 fully saturated rings. The first kappa shape index (κ1) is 19.9. The summed E-state index contributed by atoms with van der Waals surface area (Å²) in [6, 6.07) is 5.39. The van der Waals surface area contributed by atoms with Gasteiger partial charge in [0.05, 0.1) is 0 Å². The zero-order chi connectivity index (χ0) is 18.9. The number of fused-ring (bicyclic) bond motifs is 1. The third-order valence-corrected chi connectivity index (χ3v) is 4.54. The topological polar surface area (TPSA) is 69.6 Å². The van der Waals surface area contributed by atoms with Crippen LogP contribution in [-0.4, -0.2) is 37.1 Å². The molecule has 1 aliphatic rings. The normalized spacial score (nSPS) is 15.9. The van der Waals surface area contributed by atoms with E-state index in [1.807, 2.05) is 31.3 Å². The van der Waals surface area contributed by atoms with Gasteiger partial charge < -0.3 is 10.4 Å². The van der Waals surface area contributed by atoms with Crippen molar-refractivity contribution in [2.24, 2.45) is 0 Å². The summed E-state index contributed by atoms with van der Waals surface area (Å²) in [6.07, 6.45) is 9.02. The summed E-state index contributed by atoms with van der Waals surface area (Å²) in [7, 11) is 1.85. The molecule has 0 spiro atoms. The van der Waals surface area contributed by atoms with E-state index in [9.17, 15) is 14.7 Å². The van der Waals surface area contributed by atoms with Crippen LogP contribution >= 0.6 is 0 Å². The van der Waals surface area contributed by atoms with Crippen LogP contribution in [0.1, 0.15) is 48.5 Å². The Labute approximate surface area is 155 Å². The molecule has 0 aliphatic heterocycles. The van der Waals surface area contributed by atoms with Gasteiger partial charge in [-0.05, 0) is 69.5 Å². The molecule has 0 saturated carbocycles. The minimum absolute atomic E-state index is 0.0573. The van der Waals surface area contributed by atoms with Crippen molar-refractivity contribution < 1.29 is 14.7 Å². The van der Waals surface area contributed by atoms with Crippen LogP contribution in [0.5, 0.6) is 0 Å². The predicted molar refractivity (Wildman–Crippen MR) is 105 cm³/mol. The monoisotopic (exact) mass is 356 g/mol. The molecule has 1 amide bonds. The Morgan fingerprint density at radius 2 is 2.15 bits per heavy atom. The molecule has 2 N–H and O–H groups in total. The lowest BCUT2D eigenvalue weighted by Gasteiger charge is -2.20. The van der Waals surface area contributed by atoms with Crippen molar-refractivity contribution in [3.63, 3.8) is 0 Å². The highest BCUT2D eigenvalue weighted by atomic mass is 16.4. The van der Waals surface area contributed by atoms with Crippen molar-refractivity contribution in [3.8, 4) is 0 Å². The number of nitrogens with zero attached hydrogens (tertiary/aromatic N) is 1. The second-order valence-electron chi connectivity index (χ2n) is 6.44. The van der Waals surface area contributed by atoms with Crippen molar-refractivity contribution in [1.29, 1.82) is 0 Å². The summed E-state index contributed by atoms with van der Waals surface area (Å²) in [5.41, 5.74) is 3.10. The molecule has 0 bridgehead atoms. The van der Waals surface area contributed by atoms with Gasteiger partial charge in [-0.2, -0.15) is 0 Å². The second kappa shape index (κ2) is 9.92. The van der Waals surface area contributed by atoms with E-state index in [0.29, 0.717) is 17.8 Å². The molecule has 140 valence electrons. The van der Waals surface area contributed by atoms with Gasteiger partial charge in [0.1, 0.15) is 0 Å². The highest BCUT2D eigenvalue weighted by Crippen LogP contribution is 2.28. The number of hydrogen-bond donors (Lipinski definition) is 2. The second-order valence-corrected chi connectivity index (χ2v) is 6.44. The molecule has 0 heterocycles. The van der Waals surface area contributed by atoms with Crippen LogP contribution in [0.25, 0.3) is 0 Å². The molecule has 1 aliphatic carbocycles. The number of amides is 1. The van der Waals surface area contributed by atoms with Gasteiger partial charge in [0.2, 0.25) is 0 Å². The summed E-state index contributed by atoms with van der Waals surface area (Å²) in [6.45, 7) is 3.24. The van der Waals surface area contributed by atoms with Gasteiger partial charge in [0, 0.05) is 23.4 Å². The third-order valence-electron chi connectivity index (χ3n) is 4.54. The highest BCUT2D eigenvalue weighted by Gasteiger charge is 2.22. The van der Waals surface area contributed by atoms with Gasteiger partial charge in [-0.1, -0.05) is 25.2 Å². The summed E-state index contributed by atoms with van der Waals surface area (Å²) in [5.74, 6) is 0.0573. The van der Waals surface area contributed by atoms with E-state index < -0.39 is 6.09 Å². The Morgan fingerprint density at radius 1 is 1.35 bits per heavy atom. The summed E-state index contributed by atoms with van der Waals surface area (Å²) >= 11 is 0. The number of allylic oxidation sites excluding steroid dienone is 4. The molecule has 0 aromatic heterocycles. The minimum Gasteiger partial charge on any atom is -0.465 e. The molecular weight excluding hydrogens is 328 g/mol. The van der Waals surface area contributed by atoms with Crippen LogP contribution in [0.3, 0.4) is 0 Å². The highest BCUT2D eigenvalue weighted by molar-refractivity contribution is 6.10. The van der Waals surface area contributed by atoms with E-state index in [1.54, 1.807) is 12.1 Å². The Bertz CT molecular complexity index is 707.